The van der Waals surface area contributed by atoms with E-state index in [0.717, 1.165) is 11.8 Å². The predicted octanol–water partition coefficient (Wildman–Crippen LogP) is 2.22. The van der Waals surface area contributed by atoms with Gasteiger partial charge >= 0.3 is 5.97 Å². The molecule has 0 atom stereocenters. The number of rotatable bonds is 2. The first-order valence-corrected chi connectivity index (χ1v) is 4.63. The van der Waals surface area contributed by atoms with Crippen LogP contribution in [0.2, 0.25) is 0 Å². The van der Waals surface area contributed by atoms with Crippen LogP contribution in [0.3, 0.4) is 0 Å². The SMILES string of the molecule is Cc1[nH]cnc1-c1ccc(F)c(C(=O)O)c1. The number of benzene rings is 1. The van der Waals surface area contributed by atoms with Gasteiger partial charge in [0.1, 0.15) is 5.82 Å². The minimum Gasteiger partial charge on any atom is -0.478 e. The van der Waals surface area contributed by atoms with Crippen molar-refractivity contribution in [3.8, 4) is 11.3 Å². The van der Waals surface area contributed by atoms with Gasteiger partial charge in [-0.2, -0.15) is 0 Å². The largest absolute Gasteiger partial charge is 0.478 e. The Morgan fingerprint density at radius 2 is 2.25 bits per heavy atom. The first kappa shape index (κ1) is 10.4. The first-order chi connectivity index (χ1) is 7.59. The van der Waals surface area contributed by atoms with Crippen LogP contribution < -0.4 is 0 Å². The second-order valence-electron chi connectivity index (χ2n) is 3.38. The maximum Gasteiger partial charge on any atom is 0.338 e. The average Bonchev–Trinajstić information content (AvgIpc) is 2.65. The summed E-state index contributed by atoms with van der Waals surface area (Å²) in [6, 6.07) is 3.92. The molecule has 0 amide bonds. The maximum atomic E-state index is 13.2. The van der Waals surface area contributed by atoms with E-state index in [1.54, 1.807) is 0 Å². The maximum absolute atomic E-state index is 13.2. The Morgan fingerprint density at radius 1 is 1.50 bits per heavy atom. The van der Waals surface area contributed by atoms with Gasteiger partial charge in [-0.3, -0.25) is 0 Å². The lowest BCUT2D eigenvalue weighted by Gasteiger charge is -2.02. The number of aromatic amines is 1. The number of hydrogen-bond acceptors (Lipinski definition) is 2. The summed E-state index contributed by atoms with van der Waals surface area (Å²) >= 11 is 0. The van der Waals surface area contributed by atoms with Crippen molar-refractivity contribution >= 4 is 5.97 Å². The number of imidazole rings is 1. The van der Waals surface area contributed by atoms with Crippen LogP contribution in [-0.4, -0.2) is 21.0 Å². The summed E-state index contributed by atoms with van der Waals surface area (Å²) in [5.41, 5.74) is 1.67. The summed E-state index contributed by atoms with van der Waals surface area (Å²) in [6.07, 6.45) is 1.51. The molecule has 2 rings (SSSR count). The second-order valence-corrected chi connectivity index (χ2v) is 3.38. The molecule has 0 saturated heterocycles. The summed E-state index contributed by atoms with van der Waals surface area (Å²) in [5, 5.41) is 8.79. The highest BCUT2D eigenvalue weighted by Gasteiger charge is 2.13. The fourth-order valence-electron chi connectivity index (χ4n) is 1.49. The van der Waals surface area contributed by atoms with Crippen LogP contribution in [0.4, 0.5) is 4.39 Å². The Kier molecular flexibility index (Phi) is 2.44. The molecule has 0 spiro atoms. The standard InChI is InChI=1S/C11H9FN2O2/c1-6-10(14-5-13-6)7-2-3-9(12)8(4-7)11(15)16/h2-5H,1H3,(H,13,14)(H,15,16). The van der Waals surface area contributed by atoms with Crippen LogP contribution in [0.25, 0.3) is 11.3 Å². The number of aromatic carboxylic acids is 1. The molecule has 0 unspecified atom stereocenters. The summed E-state index contributed by atoms with van der Waals surface area (Å²) in [6.45, 7) is 1.81. The van der Waals surface area contributed by atoms with Gasteiger partial charge in [0.05, 0.1) is 17.6 Å². The van der Waals surface area contributed by atoms with Crippen molar-refractivity contribution in [1.29, 1.82) is 0 Å². The van der Waals surface area contributed by atoms with Crippen molar-refractivity contribution in [1.82, 2.24) is 9.97 Å². The Morgan fingerprint density at radius 3 is 2.81 bits per heavy atom. The summed E-state index contributed by atoms with van der Waals surface area (Å²) in [4.78, 5) is 17.7. The second kappa shape index (κ2) is 3.77. The van der Waals surface area contributed by atoms with Crippen LogP contribution in [0.15, 0.2) is 24.5 Å². The topological polar surface area (TPSA) is 66.0 Å². The lowest BCUT2D eigenvalue weighted by Crippen LogP contribution is -2.00. The lowest BCUT2D eigenvalue weighted by atomic mass is 10.1. The molecule has 1 aromatic carbocycles. The number of nitrogens with one attached hydrogen (secondary N) is 1. The number of carbonyl (C=O) groups is 1. The van der Waals surface area contributed by atoms with E-state index in [-0.39, 0.29) is 5.56 Å². The van der Waals surface area contributed by atoms with Crippen molar-refractivity contribution in [3.63, 3.8) is 0 Å². The highest BCUT2D eigenvalue weighted by atomic mass is 19.1. The fourth-order valence-corrected chi connectivity index (χ4v) is 1.49. The van der Waals surface area contributed by atoms with Crippen LogP contribution in [0, 0.1) is 12.7 Å². The van der Waals surface area contributed by atoms with E-state index >= 15 is 0 Å². The fraction of sp³-hybridized carbons (Fsp3) is 0.0909. The third-order valence-electron chi connectivity index (χ3n) is 2.30. The van der Waals surface area contributed by atoms with Gasteiger partial charge in [-0.15, -0.1) is 0 Å². The molecule has 16 heavy (non-hydrogen) atoms. The van der Waals surface area contributed by atoms with Crippen LogP contribution >= 0.6 is 0 Å². The van der Waals surface area contributed by atoms with Crippen molar-refractivity contribution in [3.05, 3.63) is 41.6 Å². The molecular formula is C11H9FN2O2. The Bertz CT molecular complexity index is 549. The molecule has 4 nitrogen and oxygen atoms in total. The molecule has 0 fully saturated rings. The zero-order valence-corrected chi connectivity index (χ0v) is 8.49. The number of hydrogen-bond donors (Lipinski definition) is 2. The van der Waals surface area contributed by atoms with Crippen LogP contribution in [0.1, 0.15) is 16.1 Å². The van der Waals surface area contributed by atoms with Crippen LogP contribution in [0.5, 0.6) is 0 Å². The van der Waals surface area contributed by atoms with E-state index in [9.17, 15) is 9.18 Å². The van der Waals surface area contributed by atoms with E-state index in [4.69, 9.17) is 5.11 Å². The molecule has 5 heteroatoms. The number of carboxylic acids is 1. The van der Waals surface area contributed by atoms with Crippen molar-refractivity contribution < 1.29 is 14.3 Å². The Hall–Kier alpha value is -2.17. The minimum absolute atomic E-state index is 0.347. The zero-order valence-electron chi connectivity index (χ0n) is 8.49. The molecule has 0 aliphatic heterocycles. The molecular weight excluding hydrogens is 211 g/mol. The molecule has 2 aromatic rings. The summed E-state index contributed by atoms with van der Waals surface area (Å²) < 4.78 is 13.2. The van der Waals surface area contributed by atoms with Gasteiger partial charge in [0, 0.05) is 11.3 Å². The highest BCUT2D eigenvalue weighted by molar-refractivity contribution is 5.89. The Labute approximate surface area is 90.8 Å². The lowest BCUT2D eigenvalue weighted by molar-refractivity contribution is 0.0692. The number of aryl methyl sites for hydroxylation is 1. The molecule has 1 aromatic heterocycles. The molecule has 1 heterocycles. The van der Waals surface area contributed by atoms with E-state index in [1.165, 1.54) is 18.5 Å². The molecule has 2 N–H and O–H groups in total. The monoisotopic (exact) mass is 220 g/mol. The number of halogens is 1. The molecule has 0 radical (unpaired) electrons. The number of aromatic nitrogens is 2. The van der Waals surface area contributed by atoms with Crippen molar-refractivity contribution in [2.75, 3.05) is 0 Å². The van der Waals surface area contributed by atoms with Gasteiger partial charge < -0.3 is 10.1 Å². The van der Waals surface area contributed by atoms with Crippen molar-refractivity contribution in [2.45, 2.75) is 6.92 Å². The molecule has 0 aliphatic rings. The van der Waals surface area contributed by atoms with Crippen LogP contribution in [-0.2, 0) is 0 Å². The number of carboxylic acid groups (broad SMARTS) is 1. The highest BCUT2D eigenvalue weighted by Crippen LogP contribution is 2.22. The summed E-state index contributed by atoms with van der Waals surface area (Å²) in [5.74, 6) is -2.03. The van der Waals surface area contributed by atoms with E-state index in [0.29, 0.717) is 11.3 Å². The van der Waals surface area contributed by atoms with E-state index in [2.05, 4.69) is 9.97 Å². The van der Waals surface area contributed by atoms with Gasteiger partial charge in [0.2, 0.25) is 0 Å². The third-order valence-corrected chi connectivity index (χ3v) is 2.30. The Balaban J connectivity index is 2.56. The zero-order chi connectivity index (χ0) is 11.7. The molecule has 0 saturated carbocycles. The average molecular weight is 220 g/mol. The van der Waals surface area contributed by atoms with Gasteiger partial charge in [0.25, 0.3) is 0 Å². The van der Waals surface area contributed by atoms with E-state index < -0.39 is 11.8 Å². The van der Waals surface area contributed by atoms with Gasteiger partial charge in [-0.1, -0.05) is 0 Å². The van der Waals surface area contributed by atoms with Crippen molar-refractivity contribution in [2.24, 2.45) is 0 Å². The van der Waals surface area contributed by atoms with Gasteiger partial charge in [0.15, 0.2) is 0 Å². The number of nitrogens with zero attached hydrogens (tertiary/aromatic N) is 1. The normalized spacial score (nSPS) is 10.4. The molecule has 82 valence electrons. The smallest absolute Gasteiger partial charge is 0.338 e. The molecule has 0 bridgehead atoms. The van der Waals surface area contributed by atoms with Gasteiger partial charge in [-0.05, 0) is 25.1 Å². The number of H-pyrrole nitrogens is 1. The predicted molar refractivity (Wildman–Crippen MR) is 55.7 cm³/mol. The van der Waals surface area contributed by atoms with E-state index in [1.807, 2.05) is 6.92 Å². The third kappa shape index (κ3) is 1.67. The quantitative estimate of drug-likeness (QED) is 0.815. The minimum atomic E-state index is -1.28. The molecule has 0 aliphatic carbocycles. The van der Waals surface area contributed by atoms with Gasteiger partial charge in [-0.25, -0.2) is 14.2 Å². The first-order valence-electron chi connectivity index (χ1n) is 4.63. The summed E-state index contributed by atoms with van der Waals surface area (Å²) in [7, 11) is 0.